The van der Waals surface area contributed by atoms with E-state index in [1.54, 1.807) is 0 Å². The molecule has 0 saturated carbocycles. The molecule has 8 heteroatoms. The molecule has 1 atom stereocenters. The van der Waals surface area contributed by atoms with Gasteiger partial charge in [-0.15, -0.1) is 0 Å². The van der Waals surface area contributed by atoms with Gasteiger partial charge in [-0.25, -0.2) is 8.42 Å². The van der Waals surface area contributed by atoms with Crippen molar-refractivity contribution in [3.63, 3.8) is 0 Å². The quantitative estimate of drug-likeness (QED) is 0.638. The number of carbonyl (C=O) groups excluding carboxylic acids is 1. The number of aliphatic hydroxyl groups is 1. The number of rotatable bonds is 7. The van der Waals surface area contributed by atoms with Crippen molar-refractivity contribution in [3.05, 3.63) is 29.3 Å². The van der Waals surface area contributed by atoms with Gasteiger partial charge < -0.3 is 10.4 Å². The molecule has 0 aliphatic carbocycles. The summed E-state index contributed by atoms with van der Waals surface area (Å²) in [7, 11) is -3.77. The SMILES string of the molecule is C[C@@H](NS(=O)(=O)c1ccc(Cl)cc1)C(=O)NCCCO. The first-order chi connectivity index (χ1) is 9.36. The summed E-state index contributed by atoms with van der Waals surface area (Å²) < 4.78 is 26.3. The molecule has 0 fully saturated rings. The summed E-state index contributed by atoms with van der Waals surface area (Å²) in [6.45, 7) is 1.70. The Morgan fingerprint density at radius 2 is 1.95 bits per heavy atom. The highest BCUT2D eigenvalue weighted by Gasteiger charge is 2.21. The molecular weight excluding hydrogens is 304 g/mol. The van der Waals surface area contributed by atoms with Crippen molar-refractivity contribution in [2.24, 2.45) is 0 Å². The van der Waals surface area contributed by atoms with E-state index in [0.717, 1.165) is 0 Å². The number of hydrogen-bond acceptors (Lipinski definition) is 4. The summed E-state index contributed by atoms with van der Waals surface area (Å²) in [6.07, 6.45) is 0.419. The first kappa shape index (κ1) is 16.9. The number of sulfonamides is 1. The van der Waals surface area contributed by atoms with Crippen molar-refractivity contribution in [2.75, 3.05) is 13.2 Å². The molecule has 112 valence electrons. The summed E-state index contributed by atoms with van der Waals surface area (Å²) in [5, 5.41) is 11.6. The molecule has 0 heterocycles. The van der Waals surface area contributed by atoms with Crippen LogP contribution >= 0.6 is 11.6 Å². The number of hydrogen-bond donors (Lipinski definition) is 3. The van der Waals surface area contributed by atoms with E-state index >= 15 is 0 Å². The lowest BCUT2D eigenvalue weighted by Gasteiger charge is -2.14. The Labute approximate surface area is 123 Å². The number of benzene rings is 1. The van der Waals surface area contributed by atoms with Crippen molar-refractivity contribution in [3.8, 4) is 0 Å². The molecule has 1 aromatic carbocycles. The van der Waals surface area contributed by atoms with E-state index in [9.17, 15) is 13.2 Å². The van der Waals surface area contributed by atoms with E-state index in [0.29, 0.717) is 18.0 Å². The molecule has 0 aromatic heterocycles. The van der Waals surface area contributed by atoms with Gasteiger partial charge in [0.15, 0.2) is 0 Å². The largest absolute Gasteiger partial charge is 0.396 e. The molecule has 1 rings (SSSR count). The standard InChI is InChI=1S/C12H17ClN2O4S/c1-9(12(17)14-7-2-8-16)15-20(18,19)11-5-3-10(13)4-6-11/h3-6,9,15-16H,2,7-8H2,1H3,(H,14,17)/t9-/m1/s1. The first-order valence-corrected chi connectivity index (χ1v) is 7.89. The Kier molecular flexibility index (Phi) is 6.41. The molecule has 20 heavy (non-hydrogen) atoms. The van der Waals surface area contributed by atoms with Crippen LogP contribution in [0.15, 0.2) is 29.2 Å². The van der Waals surface area contributed by atoms with E-state index in [1.165, 1.54) is 31.2 Å². The Morgan fingerprint density at radius 3 is 2.50 bits per heavy atom. The third kappa shape index (κ3) is 5.09. The first-order valence-electron chi connectivity index (χ1n) is 6.03. The third-order valence-corrected chi connectivity index (χ3v) is 4.29. The third-order valence-electron chi connectivity index (χ3n) is 2.48. The van der Waals surface area contributed by atoms with Crippen LogP contribution in [0, 0.1) is 0 Å². The summed E-state index contributed by atoms with van der Waals surface area (Å²) in [5.41, 5.74) is 0. The zero-order chi connectivity index (χ0) is 15.2. The van der Waals surface area contributed by atoms with E-state index in [2.05, 4.69) is 10.0 Å². The van der Waals surface area contributed by atoms with Gasteiger partial charge in [-0.2, -0.15) is 4.72 Å². The van der Waals surface area contributed by atoms with Crippen molar-refractivity contribution < 1.29 is 18.3 Å². The lowest BCUT2D eigenvalue weighted by atomic mass is 10.3. The minimum Gasteiger partial charge on any atom is -0.396 e. The normalized spacial score (nSPS) is 12.9. The molecule has 0 saturated heterocycles. The van der Waals surface area contributed by atoms with E-state index < -0.39 is 22.0 Å². The lowest BCUT2D eigenvalue weighted by Crippen LogP contribution is -2.45. The van der Waals surface area contributed by atoms with Gasteiger partial charge in [0.05, 0.1) is 10.9 Å². The van der Waals surface area contributed by atoms with Gasteiger partial charge in [0.1, 0.15) is 0 Å². The fourth-order valence-electron chi connectivity index (χ4n) is 1.41. The van der Waals surface area contributed by atoms with E-state index in [4.69, 9.17) is 16.7 Å². The monoisotopic (exact) mass is 320 g/mol. The van der Waals surface area contributed by atoms with Crippen LogP contribution < -0.4 is 10.0 Å². The number of amides is 1. The minimum atomic E-state index is -3.77. The molecule has 0 aliphatic rings. The van der Waals surface area contributed by atoms with Gasteiger partial charge in [-0.1, -0.05) is 11.6 Å². The van der Waals surface area contributed by atoms with Crippen molar-refractivity contribution in [1.82, 2.24) is 10.0 Å². The predicted octanol–water partition coefficient (Wildman–Crippen LogP) is 0.505. The average molecular weight is 321 g/mol. The Balaban J connectivity index is 2.66. The molecular formula is C12H17ClN2O4S. The van der Waals surface area contributed by atoms with Crippen LogP contribution in [-0.4, -0.2) is 38.6 Å². The topological polar surface area (TPSA) is 95.5 Å². The van der Waals surface area contributed by atoms with Crippen molar-refractivity contribution in [1.29, 1.82) is 0 Å². The number of aliphatic hydroxyl groups excluding tert-OH is 1. The van der Waals surface area contributed by atoms with Crippen molar-refractivity contribution >= 4 is 27.5 Å². The van der Waals surface area contributed by atoms with Crippen LogP contribution in [0.2, 0.25) is 5.02 Å². The number of carbonyl (C=O) groups is 1. The second-order valence-electron chi connectivity index (χ2n) is 4.17. The highest BCUT2D eigenvalue weighted by molar-refractivity contribution is 7.89. The van der Waals surface area contributed by atoms with Gasteiger partial charge in [0.2, 0.25) is 15.9 Å². The molecule has 1 aromatic rings. The maximum absolute atomic E-state index is 12.0. The van der Waals surface area contributed by atoms with Crippen LogP contribution in [0.5, 0.6) is 0 Å². The number of nitrogens with one attached hydrogen (secondary N) is 2. The van der Waals surface area contributed by atoms with Crippen LogP contribution in [0.1, 0.15) is 13.3 Å². The zero-order valence-corrected chi connectivity index (χ0v) is 12.5. The smallest absolute Gasteiger partial charge is 0.241 e. The van der Waals surface area contributed by atoms with Crippen LogP contribution in [0.3, 0.4) is 0 Å². The molecule has 0 radical (unpaired) electrons. The predicted molar refractivity (Wildman–Crippen MR) is 75.9 cm³/mol. The summed E-state index contributed by atoms with van der Waals surface area (Å²) >= 11 is 5.69. The highest BCUT2D eigenvalue weighted by Crippen LogP contribution is 2.14. The van der Waals surface area contributed by atoms with Crippen LogP contribution in [-0.2, 0) is 14.8 Å². The summed E-state index contributed by atoms with van der Waals surface area (Å²) in [6, 6.07) is 4.74. The number of halogens is 1. The van der Waals surface area contributed by atoms with Crippen LogP contribution in [0.25, 0.3) is 0 Å². The minimum absolute atomic E-state index is 0.0365. The summed E-state index contributed by atoms with van der Waals surface area (Å²) in [4.78, 5) is 11.7. The summed E-state index contributed by atoms with van der Waals surface area (Å²) in [5.74, 6) is -0.448. The van der Waals surface area contributed by atoms with Gasteiger partial charge in [0, 0.05) is 18.2 Å². The molecule has 0 spiro atoms. The van der Waals surface area contributed by atoms with Gasteiger partial charge in [0.25, 0.3) is 0 Å². The Morgan fingerprint density at radius 1 is 1.35 bits per heavy atom. The molecule has 0 unspecified atom stereocenters. The second-order valence-corrected chi connectivity index (χ2v) is 6.32. The molecule has 1 amide bonds. The fraction of sp³-hybridized carbons (Fsp3) is 0.417. The fourth-order valence-corrected chi connectivity index (χ4v) is 2.74. The van der Waals surface area contributed by atoms with Gasteiger partial charge >= 0.3 is 0 Å². The molecule has 0 aliphatic heterocycles. The molecule has 6 nitrogen and oxygen atoms in total. The second kappa shape index (κ2) is 7.58. The maximum atomic E-state index is 12.0. The molecule has 0 bridgehead atoms. The highest BCUT2D eigenvalue weighted by atomic mass is 35.5. The Hall–Kier alpha value is -1.15. The zero-order valence-electron chi connectivity index (χ0n) is 11.0. The van der Waals surface area contributed by atoms with Crippen molar-refractivity contribution in [2.45, 2.75) is 24.3 Å². The van der Waals surface area contributed by atoms with Crippen LogP contribution in [0.4, 0.5) is 0 Å². The average Bonchev–Trinajstić information content (AvgIpc) is 2.38. The maximum Gasteiger partial charge on any atom is 0.241 e. The van der Waals surface area contributed by atoms with E-state index in [-0.39, 0.29) is 11.5 Å². The van der Waals surface area contributed by atoms with Gasteiger partial charge in [-0.05, 0) is 37.6 Å². The molecule has 3 N–H and O–H groups in total. The Bertz CT molecular complexity index is 545. The van der Waals surface area contributed by atoms with E-state index in [1.807, 2.05) is 0 Å². The lowest BCUT2D eigenvalue weighted by molar-refractivity contribution is -0.122. The van der Waals surface area contributed by atoms with Gasteiger partial charge in [-0.3, -0.25) is 4.79 Å².